The van der Waals surface area contributed by atoms with E-state index >= 15 is 0 Å². The summed E-state index contributed by atoms with van der Waals surface area (Å²) in [5.41, 5.74) is -0.763. The molecule has 1 N–H and O–H groups in total. The molecule has 5 heteroatoms. The highest BCUT2D eigenvalue weighted by Gasteiger charge is 2.44. The lowest BCUT2D eigenvalue weighted by atomic mass is 10.0. The minimum Gasteiger partial charge on any atom is -0.478 e. The SMILES string of the molecule is O=[C]C(=NOC1(C(=O)O)CCCC1)c1ccccc1. The Balaban J connectivity index is 2.20. The van der Waals surface area contributed by atoms with E-state index in [1.807, 2.05) is 6.07 Å². The second-order valence-corrected chi connectivity index (χ2v) is 4.51. The van der Waals surface area contributed by atoms with Crippen molar-refractivity contribution in [3.63, 3.8) is 0 Å². The molecule has 0 atom stereocenters. The van der Waals surface area contributed by atoms with E-state index < -0.39 is 11.6 Å². The van der Waals surface area contributed by atoms with E-state index in [0.717, 1.165) is 12.8 Å². The molecule has 1 aliphatic rings. The normalized spacial score (nSPS) is 18.0. The molecule has 1 fully saturated rings. The van der Waals surface area contributed by atoms with Crippen molar-refractivity contribution in [2.45, 2.75) is 31.3 Å². The summed E-state index contributed by atoms with van der Waals surface area (Å²) in [7, 11) is 0. The van der Waals surface area contributed by atoms with E-state index in [-0.39, 0.29) is 5.71 Å². The van der Waals surface area contributed by atoms with Crippen LogP contribution in [0.3, 0.4) is 0 Å². The first-order chi connectivity index (χ1) is 9.18. The van der Waals surface area contributed by atoms with Crippen LogP contribution in [0.15, 0.2) is 35.5 Å². The molecule has 99 valence electrons. The quantitative estimate of drug-likeness (QED) is 0.648. The second-order valence-electron chi connectivity index (χ2n) is 4.51. The number of carbonyl (C=O) groups is 1. The first-order valence-corrected chi connectivity index (χ1v) is 6.11. The largest absolute Gasteiger partial charge is 0.478 e. The maximum Gasteiger partial charge on any atom is 0.350 e. The van der Waals surface area contributed by atoms with Crippen LogP contribution in [0.25, 0.3) is 0 Å². The number of carbonyl (C=O) groups excluding carboxylic acids is 1. The summed E-state index contributed by atoms with van der Waals surface area (Å²) < 4.78 is 0. The van der Waals surface area contributed by atoms with Gasteiger partial charge in [-0.25, -0.2) is 4.79 Å². The van der Waals surface area contributed by atoms with Gasteiger partial charge in [-0.15, -0.1) is 0 Å². The topological polar surface area (TPSA) is 76.0 Å². The molecule has 0 aliphatic heterocycles. The van der Waals surface area contributed by atoms with Gasteiger partial charge in [0, 0.05) is 18.4 Å². The fourth-order valence-electron chi connectivity index (χ4n) is 2.15. The molecule has 19 heavy (non-hydrogen) atoms. The minimum atomic E-state index is -1.29. The first kappa shape index (κ1) is 13.3. The van der Waals surface area contributed by atoms with Gasteiger partial charge < -0.3 is 9.94 Å². The van der Waals surface area contributed by atoms with Crippen LogP contribution < -0.4 is 0 Å². The lowest BCUT2D eigenvalue weighted by molar-refractivity contribution is -0.165. The number of carboxylic acids is 1. The summed E-state index contributed by atoms with van der Waals surface area (Å²) in [4.78, 5) is 27.4. The number of hydrogen-bond donors (Lipinski definition) is 1. The molecule has 0 heterocycles. The predicted octanol–water partition coefficient (Wildman–Crippen LogP) is 1.91. The highest BCUT2D eigenvalue weighted by molar-refractivity contribution is 6.36. The summed E-state index contributed by atoms with van der Waals surface area (Å²) in [6, 6.07) is 8.70. The Morgan fingerprint density at radius 2 is 1.89 bits per heavy atom. The maximum absolute atomic E-state index is 11.3. The average Bonchev–Trinajstić information content (AvgIpc) is 2.91. The lowest BCUT2D eigenvalue weighted by Gasteiger charge is -2.21. The van der Waals surface area contributed by atoms with Crippen molar-refractivity contribution in [3.05, 3.63) is 35.9 Å². The van der Waals surface area contributed by atoms with Crippen LogP contribution in [-0.2, 0) is 14.4 Å². The molecular weight excluding hydrogens is 246 g/mol. The molecule has 5 nitrogen and oxygen atoms in total. The van der Waals surface area contributed by atoms with Crippen molar-refractivity contribution >= 4 is 18.0 Å². The third-order valence-corrected chi connectivity index (χ3v) is 3.26. The summed E-state index contributed by atoms with van der Waals surface area (Å²) in [6.07, 6.45) is 4.07. The van der Waals surface area contributed by atoms with Crippen molar-refractivity contribution in [1.29, 1.82) is 0 Å². The molecule has 1 aromatic rings. The van der Waals surface area contributed by atoms with Gasteiger partial charge in [0.15, 0.2) is 5.71 Å². The Labute approximate surface area is 110 Å². The Kier molecular flexibility index (Phi) is 3.94. The molecule has 2 rings (SSSR count). The van der Waals surface area contributed by atoms with E-state index in [1.54, 1.807) is 30.6 Å². The molecule has 1 saturated carbocycles. The molecule has 0 spiro atoms. The molecule has 0 bridgehead atoms. The zero-order chi connectivity index (χ0) is 13.7. The van der Waals surface area contributed by atoms with Gasteiger partial charge in [0.1, 0.15) is 0 Å². The number of aliphatic carboxylic acids is 1. The summed E-state index contributed by atoms with van der Waals surface area (Å²) in [6.45, 7) is 0. The fourth-order valence-corrected chi connectivity index (χ4v) is 2.15. The van der Waals surface area contributed by atoms with Crippen LogP contribution in [0.4, 0.5) is 0 Å². The maximum atomic E-state index is 11.3. The van der Waals surface area contributed by atoms with Crippen LogP contribution in [0.5, 0.6) is 0 Å². The molecule has 1 aromatic carbocycles. The number of oxime groups is 1. The number of benzene rings is 1. The van der Waals surface area contributed by atoms with Gasteiger partial charge in [0.05, 0.1) is 0 Å². The van der Waals surface area contributed by atoms with Crippen LogP contribution in [0.2, 0.25) is 0 Å². The van der Waals surface area contributed by atoms with E-state index in [1.165, 1.54) is 0 Å². The molecule has 1 radical (unpaired) electrons. The fraction of sp³-hybridized carbons (Fsp3) is 0.357. The van der Waals surface area contributed by atoms with Crippen LogP contribution in [0.1, 0.15) is 31.2 Å². The summed E-state index contributed by atoms with van der Waals surface area (Å²) >= 11 is 0. The molecule has 0 aromatic heterocycles. The highest BCUT2D eigenvalue weighted by atomic mass is 16.7. The molecule has 1 aliphatic carbocycles. The highest BCUT2D eigenvalue weighted by Crippen LogP contribution is 2.33. The third-order valence-electron chi connectivity index (χ3n) is 3.26. The van der Waals surface area contributed by atoms with E-state index in [2.05, 4.69) is 5.16 Å². The van der Waals surface area contributed by atoms with E-state index in [0.29, 0.717) is 18.4 Å². The van der Waals surface area contributed by atoms with Gasteiger partial charge in [-0.2, -0.15) is 0 Å². The van der Waals surface area contributed by atoms with E-state index in [9.17, 15) is 14.7 Å². The van der Waals surface area contributed by atoms with Crippen LogP contribution in [-0.4, -0.2) is 28.7 Å². The lowest BCUT2D eigenvalue weighted by Crippen LogP contribution is -2.37. The van der Waals surface area contributed by atoms with Gasteiger partial charge >= 0.3 is 5.97 Å². The molecule has 0 amide bonds. The number of nitrogens with zero attached hydrogens (tertiary/aromatic N) is 1. The number of hydrogen-bond acceptors (Lipinski definition) is 4. The Hall–Kier alpha value is -2.17. The Bertz CT molecular complexity index is 489. The zero-order valence-corrected chi connectivity index (χ0v) is 10.3. The molecule has 0 unspecified atom stereocenters. The van der Waals surface area contributed by atoms with Crippen molar-refractivity contribution in [2.24, 2.45) is 5.16 Å². The first-order valence-electron chi connectivity index (χ1n) is 6.11. The van der Waals surface area contributed by atoms with Gasteiger partial charge in [-0.1, -0.05) is 35.5 Å². The van der Waals surface area contributed by atoms with Crippen molar-refractivity contribution in [1.82, 2.24) is 0 Å². The van der Waals surface area contributed by atoms with Crippen molar-refractivity contribution < 1.29 is 19.5 Å². The monoisotopic (exact) mass is 260 g/mol. The Morgan fingerprint density at radius 3 is 2.42 bits per heavy atom. The van der Waals surface area contributed by atoms with Gasteiger partial charge in [0.25, 0.3) is 6.29 Å². The Morgan fingerprint density at radius 1 is 1.26 bits per heavy atom. The van der Waals surface area contributed by atoms with Gasteiger partial charge in [0.2, 0.25) is 5.60 Å². The zero-order valence-electron chi connectivity index (χ0n) is 10.3. The second kappa shape index (κ2) is 5.65. The van der Waals surface area contributed by atoms with Crippen molar-refractivity contribution in [3.8, 4) is 0 Å². The predicted molar refractivity (Wildman–Crippen MR) is 68.6 cm³/mol. The minimum absolute atomic E-state index is 0.0203. The van der Waals surface area contributed by atoms with Crippen LogP contribution in [0, 0.1) is 0 Å². The van der Waals surface area contributed by atoms with E-state index in [4.69, 9.17) is 4.84 Å². The van der Waals surface area contributed by atoms with Crippen molar-refractivity contribution in [2.75, 3.05) is 0 Å². The third kappa shape index (κ3) is 2.81. The summed E-state index contributed by atoms with van der Waals surface area (Å²) in [5.74, 6) is -1.04. The molecule has 0 saturated heterocycles. The standard InChI is InChI=1S/C14H14NO4/c16-10-12(11-6-2-1-3-7-11)15-19-14(13(17)18)8-4-5-9-14/h1-3,6-7H,4-5,8-9H2,(H,17,18). The van der Waals surface area contributed by atoms with Gasteiger partial charge in [-0.3, -0.25) is 4.79 Å². The smallest absolute Gasteiger partial charge is 0.350 e. The summed E-state index contributed by atoms with van der Waals surface area (Å²) in [5, 5.41) is 12.9. The number of rotatable bonds is 5. The number of carboxylic acid groups (broad SMARTS) is 1. The van der Waals surface area contributed by atoms with Crippen LogP contribution >= 0.6 is 0 Å². The average molecular weight is 260 g/mol. The molecular formula is C14H14NO4. The van der Waals surface area contributed by atoms with Gasteiger partial charge in [-0.05, 0) is 12.8 Å².